The van der Waals surface area contributed by atoms with Gasteiger partial charge in [0.25, 0.3) is 0 Å². The van der Waals surface area contributed by atoms with Crippen molar-refractivity contribution < 1.29 is 0 Å². The molecular weight excluding hydrogens is 196 g/mol. The predicted octanol–water partition coefficient (Wildman–Crippen LogP) is 2.64. The molecule has 0 aromatic carbocycles. The second kappa shape index (κ2) is 6.02. The predicted molar refractivity (Wildman–Crippen MR) is 69.7 cm³/mol. The van der Waals surface area contributed by atoms with Gasteiger partial charge in [-0.05, 0) is 45.2 Å². The van der Waals surface area contributed by atoms with Gasteiger partial charge in [0.15, 0.2) is 0 Å². The van der Waals surface area contributed by atoms with Crippen LogP contribution >= 0.6 is 0 Å². The first-order chi connectivity index (χ1) is 7.85. The van der Waals surface area contributed by atoms with Gasteiger partial charge >= 0.3 is 0 Å². The van der Waals surface area contributed by atoms with Crippen LogP contribution in [0.3, 0.4) is 0 Å². The van der Waals surface area contributed by atoms with Crippen LogP contribution in [0.15, 0.2) is 0 Å². The summed E-state index contributed by atoms with van der Waals surface area (Å²) in [5, 5.41) is 3.46. The van der Waals surface area contributed by atoms with Crippen molar-refractivity contribution in [3.05, 3.63) is 0 Å². The lowest BCUT2D eigenvalue weighted by Crippen LogP contribution is -2.51. The van der Waals surface area contributed by atoms with Gasteiger partial charge in [-0.2, -0.15) is 0 Å². The summed E-state index contributed by atoms with van der Waals surface area (Å²) < 4.78 is 0. The Bertz CT molecular complexity index is 205. The van der Waals surface area contributed by atoms with Gasteiger partial charge in [0.2, 0.25) is 0 Å². The molecule has 2 fully saturated rings. The smallest absolute Gasteiger partial charge is 0.0192 e. The lowest BCUT2D eigenvalue weighted by Gasteiger charge is -2.43. The van der Waals surface area contributed by atoms with Crippen LogP contribution in [-0.4, -0.2) is 37.1 Å². The van der Waals surface area contributed by atoms with Crippen LogP contribution in [0.5, 0.6) is 0 Å². The second-order valence-electron chi connectivity index (χ2n) is 5.64. The lowest BCUT2D eigenvalue weighted by molar-refractivity contribution is 0.0704. The van der Waals surface area contributed by atoms with Gasteiger partial charge in [0.1, 0.15) is 0 Å². The van der Waals surface area contributed by atoms with Gasteiger partial charge in [-0.3, -0.25) is 4.90 Å². The lowest BCUT2D eigenvalue weighted by atomic mass is 9.81. The number of piperidine rings is 1. The zero-order valence-electron chi connectivity index (χ0n) is 11.0. The van der Waals surface area contributed by atoms with E-state index >= 15 is 0 Å². The van der Waals surface area contributed by atoms with Gasteiger partial charge in [-0.25, -0.2) is 0 Å². The Hall–Kier alpha value is -0.0800. The Morgan fingerprint density at radius 2 is 1.94 bits per heavy atom. The average Bonchev–Trinajstić information content (AvgIpc) is 2.38. The quantitative estimate of drug-likeness (QED) is 0.793. The van der Waals surface area contributed by atoms with Crippen LogP contribution < -0.4 is 5.32 Å². The number of likely N-dealkylation sites (tertiary alicyclic amines) is 1. The molecule has 1 aliphatic heterocycles. The molecule has 1 saturated heterocycles. The van der Waals surface area contributed by atoms with Crippen LogP contribution in [-0.2, 0) is 0 Å². The minimum Gasteiger partial charge on any atom is -0.316 e. The Morgan fingerprint density at radius 3 is 2.69 bits per heavy atom. The molecular formula is C14H28N2. The highest BCUT2D eigenvalue weighted by Gasteiger charge is 2.31. The molecule has 1 heterocycles. The number of rotatable bonds is 3. The largest absolute Gasteiger partial charge is 0.316 e. The van der Waals surface area contributed by atoms with Crippen LogP contribution in [0.1, 0.15) is 51.9 Å². The van der Waals surface area contributed by atoms with Crippen molar-refractivity contribution >= 4 is 0 Å². The molecule has 16 heavy (non-hydrogen) atoms. The molecule has 0 aromatic rings. The number of nitrogens with one attached hydrogen (secondary N) is 1. The highest BCUT2D eigenvalue weighted by molar-refractivity contribution is 4.87. The van der Waals surface area contributed by atoms with E-state index in [0.29, 0.717) is 0 Å². The van der Waals surface area contributed by atoms with Gasteiger partial charge in [0.05, 0.1) is 0 Å². The van der Waals surface area contributed by atoms with Crippen molar-refractivity contribution in [1.29, 1.82) is 0 Å². The molecule has 94 valence electrons. The number of likely N-dealkylation sites (N-methyl/N-ethyl adjacent to an activating group) is 1. The summed E-state index contributed by atoms with van der Waals surface area (Å²) >= 11 is 0. The van der Waals surface area contributed by atoms with E-state index in [9.17, 15) is 0 Å². The SMILES string of the molecule is CCC1CCCCC1N1CCCC(NC)C1. The van der Waals surface area contributed by atoms with Gasteiger partial charge in [0, 0.05) is 18.6 Å². The van der Waals surface area contributed by atoms with E-state index in [1.165, 1.54) is 58.0 Å². The molecule has 2 heteroatoms. The first-order valence-electron chi connectivity index (χ1n) is 7.26. The van der Waals surface area contributed by atoms with E-state index in [4.69, 9.17) is 0 Å². The van der Waals surface area contributed by atoms with Gasteiger partial charge in [-0.15, -0.1) is 0 Å². The summed E-state index contributed by atoms with van der Waals surface area (Å²) in [5.41, 5.74) is 0. The third-order valence-corrected chi connectivity index (χ3v) is 4.72. The molecule has 0 amide bonds. The fourth-order valence-corrected chi connectivity index (χ4v) is 3.69. The van der Waals surface area contributed by atoms with Crippen molar-refractivity contribution in [1.82, 2.24) is 10.2 Å². The minimum atomic E-state index is 0.744. The average molecular weight is 224 g/mol. The Morgan fingerprint density at radius 1 is 1.12 bits per heavy atom. The summed E-state index contributed by atoms with van der Waals surface area (Å²) in [5.74, 6) is 0.976. The third-order valence-electron chi connectivity index (χ3n) is 4.72. The zero-order valence-corrected chi connectivity index (χ0v) is 11.0. The minimum absolute atomic E-state index is 0.744. The molecule has 2 nitrogen and oxygen atoms in total. The van der Waals surface area contributed by atoms with Gasteiger partial charge < -0.3 is 5.32 Å². The van der Waals surface area contributed by atoms with E-state index in [0.717, 1.165) is 18.0 Å². The molecule has 1 aliphatic carbocycles. The van der Waals surface area contributed by atoms with Crippen molar-refractivity contribution in [2.45, 2.75) is 64.0 Å². The fourth-order valence-electron chi connectivity index (χ4n) is 3.69. The van der Waals surface area contributed by atoms with Crippen LogP contribution in [0.2, 0.25) is 0 Å². The van der Waals surface area contributed by atoms with Crippen molar-refractivity contribution in [3.8, 4) is 0 Å². The Balaban J connectivity index is 1.93. The molecule has 1 N–H and O–H groups in total. The highest BCUT2D eigenvalue weighted by Crippen LogP contribution is 2.32. The number of nitrogens with zero attached hydrogens (tertiary/aromatic N) is 1. The molecule has 0 aromatic heterocycles. The Labute approximate surface area is 101 Å². The zero-order chi connectivity index (χ0) is 11.4. The second-order valence-corrected chi connectivity index (χ2v) is 5.64. The number of hydrogen-bond acceptors (Lipinski definition) is 2. The van der Waals surface area contributed by atoms with E-state index in [2.05, 4.69) is 24.2 Å². The van der Waals surface area contributed by atoms with E-state index in [1.54, 1.807) is 0 Å². The van der Waals surface area contributed by atoms with Crippen molar-refractivity contribution in [3.63, 3.8) is 0 Å². The molecule has 0 bridgehead atoms. The van der Waals surface area contributed by atoms with Crippen LogP contribution in [0.25, 0.3) is 0 Å². The summed E-state index contributed by atoms with van der Waals surface area (Å²) in [7, 11) is 2.12. The first kappa shape index (κ1) is 12.4. The standard InChI is InChI=1S/C14H28N2/c1-3-12-7-4-5-9-14(12)16-10-6-8-13(11-16)15-2/h12-15H,3-11H2,1-2H3. The maximum absolute atomic E-state index is 3.46. The first-order valence-corrected chi connectivity index (χ1v) is 7.26. The van der Waals surface area contributed by atoms with Crippen molar-refractivity contribution in [2.24, 2.45) is 5.92 Å². The monoisotopic (exact) mass is 224 g/mol. The topological polar surface area (TPSA) is 15.3 Å². The number of hydrogen-bond donors (Lipinski definition) is 1. The molecule has 2 aliphatic rings. The maximum Gasteiger partial charge on any atom is 0.0192 e. The summed E-state index contributed by atoms with van der Waals surface area (Å²) in [4.78, 5) is 2.79. The Kier molecular flexibility index (Phi) is 4.66. The molecule has 0 spiro atoms. The summed E-state index contributed by atoms with van der Waals surface area (Å²) in [6.45, 7) is 5.01. The van der Waals surface area contributed by atoms with E-state index in [-0.39, 0.29) is 0 Å². The van der Waals surface area contributed by atoms with Gasteiger partial charge in [-0.1, -0.05) is 26.2 Å². The third kappa shape index (κ3) is 2.78. The summed E-state index contributed by atoms with van der Waals surface area (Å²) in [6.07, 6.45) is 10.00. The summed E-state index contributed by atoms with van der Waals surface area (Å²) in [6, 6.07) is 1.64. The molecule has 2 rings (SSSR count). The molecule has 3 unspecified atom stereocenters. The van der Waals surface area contributed by atoms with Crippen molar-refractivity contribution in [2.75, 3.05) is 20.1 Å². The molecule has 0 radical (unpaired) electrons. The van der Waals surface area contributed by atoms with Crippen LogP contribution in [0, 0.1) is 5.92 Å². The normalized spacial score (nSPS) is 37.5. The van der Waals surface area contributed by atoms with Crippen LogP contribution in [0.4, 0.5) is 0 Å². The fraction of sp³-hybridized carbons (Fsp3) is 1.00. The van der Waals surface area contributed by atoms with E-state index < -0.39 is 0 Å². The maximum atomic E-state index is 3.46. The highest BCUT2D eigenvalue weighted by atomic mass is 15.2. The molecule has 1 saturated carbocycles. The van der Waals surface area contributed by atoms with E-state index in [1.807, 2.05) is 0 Å². The molecule has 3 atom stereocenters.